The first kappa shape index (κ1) is 24.0. The van der Waals surface area contributed by atoms with Crippen LogP contribution in [0.1, 0.15) is 37.5 Å². The van der Waals surface area contributed by atoms with Gasteiger partial charge in [0, 0.05) is 0 Å². The molecule has 154 valence electrons. The molecule has 0 spiro atoms. The van der Waals surface area contributed by atoms with Crippen LogP contribution in [0.2, 0.25) is 18.1 Å². The van der Waals surface area contributed by atoms with E-state index in [0.717, 1.165) is 5.56 Å². The van der Waals surface area contributed by atoms with Crippen molar-refractivity contribution in [2.24, 2.45) is 0 Å². The molecule has 0 fully saturated rings. The fourth-order valence-electron chi connectivity index (χ4n) is 2.73. The smallest absolute Gasteiger partial charge is 0.241 e. The minimum absolute atomic E-state index is 0.0142. The number of nitrogens with one attached hydrogen (secondary N) is 1. The van der Waals surface area contributed by atoms with E-state index in [1.165, 1.54) is 6.08 Å². The molecule has 0 aliphatic carbocycles. The number of aliphatic hydroxyl groups is 1. The van der Waals surface area contributed by atoms with Crippen molar-refractivity contribution in [1.29, 1.82) is 0 Å². The second-order valence-corrected chi connectivity index (χ2v) is 15.2. The predicted molar refractivity (Wildman–Crippen MR) is 114 cm³/mol. The summed E-state index contributed by atoms with van der Waals surface area (Å²) >= 11 is 0. The van der Waals surface area contributed by atoms with Crippen molar-refractivity contribution in [3.8, 4) is 0 Å². The van der Waals surface area contributed by atoms with Gasteiger partial charge in [-0.1, -0.05) is 44.5 Å². The van der Waals surface area contributed by atoms with Gasteiger partial charge in [0.1, 0.15) is 0 Å². The zero-order chi connectivity index (χ0) is 21.2. The van der Waals surface area contributed by atoms with Crippen molar-refractivity contribution < 1.29 is 18.0 Å². The van der Waals surface area contributed by atoms with Gasteiger partial charge in [0.2, 0.25) is 10.0 Å². The lowest BCUT2D eigenvalue weighted by atomic mass is 10.1. The molecule has 0 aliphatic rings. The van der Waals surface area contributed by atoms with Crippen molar-refractivity contribution in [3.05, 3.63) is 41.5 Å². The van der Waals surface area contributed by atoms with E-state index >= 15 is 0 Å². The van der Waals surface area contributed by atoms with Gasteiger partial charge < -0.3 is 9.53 Å². The van der Waals surface area contributed by atoms with Gasteiger partial charge in [0.25, 0.3) is 0 Å². The number of sulfonamides is 1. The Bertz CT molecular complexity index is 759. The number of hydrogen-bond donors (Lipinski definition) is 2. The molecular formula is C20H35NO4SSi. The van der Waals surface area contributed by atoms with Crippen LogP contribution in [0.15, 0.2) is 29.7 Å². The first-order chi connectivity index (χ1) is 12.1. The van der Waals surface area contributed by atoms with Crippen molar-refractivity contribution in [1.82, 2.24) is 4.72 Å². The largest absolute Gasteiger partial charge is 0.415 e. The van der Waals surface area contributed by atoms with Crippen molar-refractivity contribution in [2.75, 3.05) is 6.61 Å². The second-order valence-electron chi connectivity index (χ2n) is 8.75. The number of hydrogen-bond acceptors (Lipinski definition) is 4. The molecule has 0 amide bonds. The van der Waals surface area contributed by atoms with Gasteiger partial charge in [-0.25, -0.2) is 13.1 Å². The lowest BCUT2D eigenvalue weighted by Crippen LogP contribution is -2.50. The van der Waals surface area contributed by atoms with Crippen LogP contribution in [0.4, 0.5) is 0 Å². The van der Waals surface area contributed by atoms with Crippen LogP contribution >= 0.6 is 0 Å². The molecule has 0 heterocycles. The topological polar surface area (TPSA) is 75.6 Å². The molecule has 0 aromatic heterocycles. The van der Waals surface area contributed by atoms with Gasteiger partial charge >= 0.3 is 0 Å². The summed E-state index contributed by atoms with van der Waals surface area (Å²) in [7, 11) is -5.91. The summed E-state index contributed by atoms with van der Waals surface area (Å²) in [5.74, 6) is 0. The maximum atomic E-state index is 13.0. The summed E-state index contributed by atoms with van der Waals surface area (Å²) in [6.07, 6.45) is 0.285. The van der Waals surface area contributed by atoms with Crippen LogP contribution < -0.4 is 4.72 Å². The van der Waals surface area contributed by atoms with E-state index in [4.69, 9.17) is 4.43 Å². The Hall–Kier alpha value is -0.993. The van der Waals surface area contributed by atoms with Crippen LogP contribution in [-0.2, 0) is 14.4 Å². The Balaban J connectivity index is 3.15. The second kappa shape index (κ2) is 8.57. The highest BCUT2D eigenvalue weighted by Gasteiger charge is 2.38. The molecule has 2 atom stereocenters. The Morgan fingerprint density at radius 3 is 2.11 bits per heavy atom. The van der Waals surface area contributed by atoms with E-state index in [-0.39, 0.29) is 16.5 Å². The molecule has 27 heavy (non-hydrogen) atoms. The molecule has 0 bridgehead atoms. The van der Waals surface area contributed by atoms with Gasteiger partial charge in [0.15, 0.2) is 8.32 Å². The average molecular weight is 414 g/mol. The van der Waals surface area contributed by atoms with E-state index in [1.807, 2.05) is 19.1 Å². The van der Waals surface area contributed by atoms with E-state index < -0.39 is 30.5 Å². The number of rotatable bonds is 8. The average Bonchev–Trinajstić information content (AvgIpc) is 2.47. The molecule has 0 radical (unpaired) electrons. The zero-order valence-corrected chi connectivity index (χ0v) is 19.7. The zero-order valence-electron chi connectivity index (χ0n) is 17.9. The Morgan fingerprint density at radius 1 is 1.22 bits per heavy atom. The van der Waals surface area contributed by atoms with E-state index in [0.29, 0.717) is 11.1 Å². The Morgan fingerprint density at radius 2 is 1.70 bits per heavy atom. The molecule has 0 saturated carbocycles. The minimum Gasteiger partial charge on any atom is -0.415 e. The Labute approximate surface area is 166 Å². The standard InChI is InChI=1S/C20H35NO4SSi/c1-10-18(22)17(13-25-27(8,9)20(5,6)7)21-26(23,24)19-15(3)11-14(2)12-16(19)4/h10-12,17-18,21-22H,1,13H2,2-9H3/t17-,18+/m0/s1. The molecule has 1 aromatic carbocycles. The summed E-state index contributed by atoms with van der Waals surface area (Å²) in [5.41, 5.74) is 2.36. The quantitative estimate of drug-likeness (QED) is 0.502. The third-order valence-electron chi connectivity index (χ3n) is 5.26. The molecule has 0 unspecified atom stereocenters. The number of aryl methyl sites for hydroxylation is 3. The molecule has 0 saturated heterocycles. The van der Waals surface area contributed by atoms with Crippen LogP contribution in [0, 0.1) is 20.8 Å². The van der Waals surface area contributed by atoms with Crippen LogP contribution in [-0.4, -0.2) is 40.6 Å². The molecule has 0 aliphatic heterocycles. The van der Waals surface area contributed by atoms with E-state index in [9.17, 15) is 13.5 Å². The lowest BCUT2D eigenvalue weighted by Gasteiger charge is -2.37. The van der Waals surface area contributed by atoms with Gasteiger partial charge in [-0.2, -0.15) is 0 Å². The molecule has 2 N–H and O–H groups in total. The SMILES string of the molecule is C=C[C@@H](O)[C@H](CO[Si](C)(C)C(C)(C)C)NS(=O)(=O)c1c(C)cc(C)cc1C. The van der Waals surface area contributed by atoms with Gasteiger partial charge in [-0.05, 0) is 50.0 Å². The first-order valence-corrected chi connectivity index (χ1v) is 13.6. The normalized spacial score (nSPS) is 15.4. The van der Waals surface area contributed by atoms with Gasteiger partial charge in [-0.15, -0.1) is 6.58 Å². The number of benzene rings is 1. The van der Waals surface area contributed by atoms with E-state index in [2.05, 4.69) is 45.2 Å². The maximum Gasteiger partial charge on any atom is 0.241 e. The summed E-state index contributed by atoms with van der Waals surface area (Å²) in [6, 6.07) is 2.88. The predicted octanol–water partition coefficient (Wildman–Crippen LogP) is 3.83. The molecule has 1 aromatic rings. The fourth-order valence-corrected chi connectivity index (χ4v) is 5.45. The van der Waals surface area contributed by atoms with Crippen molar-refractivity contribution >= 4 is 18.3 Å². The molecular weight excluding hydrogens is 378 g/mol. The molecule has 5 nitrogen and oxygen atoms in total. The minimum atomic E-state index is -3.82. The highest BCUT2D eigenvalue weighted by Crippen LogP contribution is 2.36. The molecule has 1 rings (SSSR count). The molecule has 7 heteroatoms. The van der Waals surface area contributed by atoms with Crippen LogP contribution in [0.25, 0.3) is 0 Å². The summed E-state index contributed by atoms with van der Waals surface area (Å²) in [6.45, 7) is 19.7. The van der Waals surface area contributed by atoms with Crippen molar-refractivity contribution in [2.45, 2.75) is 76.7 Å². The van der Waals surface area contributed by atoms with Gasteiger partial charge in [0.05, 0.1) is 23.6 Å². The van der Waals surface area contributed by atoms with Crippen molar-refractivity contribution in [3.63, 3.8) is 0 Å². The highest BCUT2D eigenvalue weighted by molar-refractivity contribution is 7.89. The Kier molecular flexibility index (Phi) is 7.63. The summed E-state index contributed by atoms with van der Waals surface area (Å²) in [4.78, 5) is 0.252. The monoisotopic (exact) mass is 413 g/mol. The van der Waals surface area contributed by atoms with Crippen LogP contribution in [0.3, 0.4) is 0 Å². The third kappa shape index (κ3) is 5.99. The lowest BCUT2D eigenvalue weighted by molar-refractivity contribution is 0.138. The summed E-state index contributed by atoms with van der Waals surface area (Å²) in [5, 5.41) is 10.3. The van der Waals surface area contributed by atoms with Crippen LogP contribution in [0.5, 0.6) is 0 Å². The first-order valence-electron chi connectivity index (χ1n) is 9.17. The third-order valence-corrected chi connectivity index (χ3v) is 11.6. The summed E-state index contributed by atoms with van der Waals surface area (Å²) < 4.78 is 34.9. The van der Waals surface area contributed by atoms with Gasteiger partial charge in [-0.3, -0.25) is 0 Å². The fraction of sp³-hybridized carbons (Fsp3) is 0.600. The number of aliphatic hydroxyl groups excluding tert-OH is 1. The highest BCUT2D eigenvalue weighted by atomic mass is 32.2. The maximum absolute atomic E-state index is 13.0. The van der Waals surface area contributed by atoms with E-state index in [1.54, 1.807) is 13.8 Å².